The second-order valence-corrected chi connectivity index (χ2v) is 9.30. The normalized spacial score (nSPS) is 20.8. The molecule has 0 atom stereocenters. The number of carboxylic acids is 1. The quantitative estimate of drug-likeness (QED) is 0.520. The van der Waals surface area contributed by atoms with Crippen LogP contribution in [0.5, 0.6) is 5.88 Å². The molecule has 2 aromatic carbocycles. The van der Waals surface area contributed by atoms with E-state index in [1.54, 1.807) is 0 Å². The number of hydrogen-bond acceptors (Lipinski definition) is 5. The van der Waals surface area contributed by atoms with E-state index in [1.807, 2.05) is 12.1 Å². The number of ether oxygens (including phenoxy) is 2. The van der Waals surface area contributed by atoms with Crippen LogP contribution >= 0.6 is 11.6 Å². The predicted octanol–water partition coefficient (Wildman–Crippen LogP) is 5.22. The van der Waals surface area contributed by atoms with Gasteiger partial charge in [-0.05, 0) is 55.5 Å². The molecule has 1 aliphatic heterocycles. The molecule has 1 saturated carbocycles. The van der Waals surface area contributed by atoms with E-state index in [4.69, 9.17) is 21.1 Å². The number of nitrogens with zero attached hydrogens (tertiary/aromatic N) is 2. The first-order valence-electron chi connectivity index (χ1n) is 11.6. The number of aromatic nitrogens is 1. The number of morpholine rings is 1. The molecule has 1 aliphatic carbocycles. The summed E-state index contributed by atoms with van der Waals surface area (Å²) in [6, 6.07) is 14.3. The zero-order valence-corrected chi connectivity index (χ0v) is 19.5. The highest BCUT2D eigenvalue weighted by Gasteiger charge is 2.28. The molecule has 0 unspecified atom stereocenters. The summed E-state index contributed by atoms with van der Waals surface area (Å²) in [5.74, 6) is -0.636. The van der Waals surface area contributed by atoms with E-state index >= 15 is 0 Å². The van der Waals surface area contributed by atoms with Gasteiger partial charge in [0.15, 0.2) is 0 Å². The van der Waals surface area contributed by atoms with Gasteiger partial charge in [-0.2, -0.15) is 5.26 Å². The minimum atomic E-state index is -0.748. The first kappa shape index (κ1) is 22.6. The van der Waals surface area contributed by atoms with Gasteiger partial charge < -0.3 is 24.5 Å². The molecule has 8 heteroatoms. The molecule has 0 spiro atoms. The van der Waals surface area contributed by atoms with Crippen molar-refractivity contribution in [3.8, 4) is 23.1 Å². The predicted molar refractivity (Wildman–Crippen MR) is 131 cm³/mol. The number of hydrogen-bond donors (Lipinski definition) is 2. The average molecular weight is 480 g/mol. The van der Waals surface area contributed by atoms with Crippen molar-refractivity contribution in [2.45, 2.75) is 31.8 Å². The Morgan fingerprint density at radius 3 is 2.50 bits per heavy atom. The average Bonchev–Trinajstić information content (AvgIpc) is 3.20. The van der Waals surface area contributed by atoms with Gasteiger partial charge in [-0.1, -0.05) is 23.7 Å². The van der Waals surface area contributed by atoms with E-state index < -0.39 is 5.97 Å². The van der Waals surface area contributed by atoms with Gasteiger partial charge in [-0.15, -0.1) is 0 Å². The van der Waals surface area contributed by atoms with Crippen LogP contribution in [0.2, 0.25) is 5.02 Å². The second-order valence-electron chi connectivity index (χ2n) is 8.89. The third-order valence-electron chi connectivity index (χ3n) is 6.83. The van der Waals surface area contributed by atoms with Gasteiger partial charge in [-0.25, -0.2) is 0 Å². The number of rotatable bonds is 5. The number of carboxylic acid groups (broad SMARTS) is 1. The molecular formula is C26H26ClN3O4. The van der Waals surface area contributed by atoms with Crippen molar-refractivity contribution in [3.05, 3.63) is 47.0 Å². The van der Waals surface area contributed by atoms with Crippen molar-refractivity contribution in [3.63, 3.8) is 0 Å². The first-order chi connectivity index (χ1) is 16.5. The number of aliphatic carboxylic acids is 1. The highest BCUT2D eigenvalue weighted by atomic mass is 35.5. The fourth-order valence-corrected chi connectivity index (χ4v) is 5.15. The molecule has 2 fully saturated rings. The Morgan fingerprint density at radius 2 is 1.85 bits per heavy atom. The number of nitriles is 1. The minimum absolute atomic E-state index is 0.113. The first-order valence-corrected chi connectivity index (χ1v) is 12.0. The van der Waals surface area contributed by atoms with Crippen molar-refractivity contribution in [2.24, 2.45) is 5.92 Å². The number of anilines is 1. The van der Waals surface area contributed by atoms with Crippen molar-refractivity contribution in [1.29, 1.82) is 5.26 Å². The molecule has 176 valence electrons. The fourth-order valence-electron chi connectivity index (χ4n) is 4.88. The maximum absolute atomic E-state index is 11.2. The highest BCUT2D eigenvalue weighted by molar-refractivity contribution is 6.34. The summed E-state index contributed by atoms with van der Waals surface area (Å²) in [6.45, 7) is 3.23. The largest absolute Gasteiger partial charge is 0.481 e. The third-order valence-corrected chi connectivity index (χ3v) is 7.14. The molecule has 1 saturated heterocycles. The Hall–Kier alpha value is -3.21. The summed E-state index contributed by atoms with van der Waals surface area (Å²) in [7, 11) is 0. The molecule has 0 radical (unpaired) electrons. The van der Waals surface area contributed by atoms with Crippen molar-refractivity contribution in [1.82, 2.24) is 4.98 Å². The van der Waals surface area contributed by atoms with Crippen molar-refractivity contribution < 1.29 is 19.4 Å². The molecular weight excluding hydrogens is 454 g/mol. The lowest BCUT2D eigenvalue weighted by atomic mass is 9.87. The van der Waals surface area contributed by atoms with Crippen LogP contribution in [0.1, 0.15) is 31.2 Å². The number of halogens is 1. The Morgan fingerprint density at radius 1 is 1.15 bits per heavy atom. The van der Waals surface area contributed by atoms with Gasteiger partial charge in [0.2, 0.25) is 5.88 Å². The lowest BCUT2D eigenvalue weighted by Gasteiger charge is -2.29. The van der Waals surface area contributed by atoms with E-state index in [0.717, 1.165) is 54.0 Å². The summed E-state index contributed by atoms with van der Waals surface area (Å²) in [4.78, 5) is 16.7. The number of carbonyl (C=O) groups is 1. The van der Waals surface area contributed by atoms with Crippen LogP contribution in [0.3, 0.4) is 0 Å². The van der Waals surface area contributed by atoms with Crippen molar-refractivity contribution >= 4 is 34.2 Å². The highest BCUT2D eigenvalue weighted by Crippen LogP contribution is 2.38. The van der Waals surface area contributed by atoms with Crippen LogP contribution in [0.25, 0.3) is 22.0 Å². The molecule has 0 bridgehead atoms. The lowest BCUT2D eigenvalue weighted by molar-refractivity contribution is -0.143. The van der Waals surface area contributed by atoms with Crippen LogP contribution < -0.4 is 9.64 Å². The van der Waals surface area contributed by atoms with Gasteiger partial charge in [0, 0.05) is 29.7 Å². The Kier molecular flexibility index (Phi) is 6.36. The van der Waals surface area contributed by atoms with Crippen LogP contribution in [0.4, 0.5) is 5.69 Å². The number of benzene rings is 2. The summed E-state index contributed by atoms with van der Waals surface area (Å²) < 4.78 is 11.6. The van der Waals surface area contributed by atoms with Gasteiger partial charge in [-0.3, -0.25) is 4.79 Å². The van der Waals surface area contributed by atoms with Gasteiger partial charge >= 0.3 is 5.97 Å². The van der Waals surface area contributed by atoms with E-state index in [9.17, 15) is 15.2 Å². The van der Waals surface area contributed by atoms with E-state index in [1.165, 1.54) is 0 Å². The molecule has 1 aromatic heterocycles. The second kappa shape index (κ2) is 9.57. The molecule has 2 aliphatic rings. The monoisotopic (exact) mass is 479 g/mol. The molecule has 0 amide bonds. The number of fused-ring (bicyclic) bond motifs is 1. The Balaban J connectivity index is 1.40. The number of H-pyrrole nitrogens is 1. The third kappa shape index (κ3) is 4.44. The molecule has 5 rings (SSSR count). The standard InChI is InChI=1S/C26H26ClN3O4/c27-23-14-24-21(13-20(23)16-1-5-18(6-2-16)30-9-11-33-12-10-30)22(15-28)25(29-24)34-19-7-3-17(4-8-19)26(31)32/h1-2,5-6,13-14,17,19,29H,3-4,7-12H2,(H,31,32)/t17-,19-. The van der Waals surface area contributed by atoms with Gasteiger partial charge in [0.05, 0.1) is 29.7 Å². The van der Waals surface area contributed by atoms with Crippen LogP contribution in [0, 0.1) is 17.2 Å². The summed E-state index contributed by atoms with van der Waals surface area (Å²) in [5.41, 5.74) is 4.16. The number of nitrogens with one attached hydrogen (secondary N) is 1. The minimum Gasteiger partial charge on any atom is -0.481 e. The zero-order chi connectivity index (χ0) is 23.7. The van der Waals surface area contributed by atoms with E-state index in [0.29, 0.717) is 42.1 Å². The Bertz CT molecular complexity index is 1230. The topological polar surface area (TPSA) is 98.6 Å². The summed E-state index contributed by atoms with van der Waals surface area (Å²) in [5, 5.41) is 20.4. The van der Waals surface area contributed by atoms with Gasteiger partial charge in [0.1, 0.15) is 17.7 Å². The SMILES string of the molecule is N#Cc1c(O[C@H]2CC[C@H](C(=O)O)CC2)[nH]c2cc(Cl)c(-c3ccc(N4CCOCC4)cc3)cc12. The molecule has 2 N–H and O–H groups in total. The van der Waals surface area contributed by atoms with Gasteiger partial charge in [0.25, 0.3) is 0 Å². The summed E-state index contributed by atoms with van der Waals surface area (Å²) in [6.07, 6.45) is 2.35. The molecule has 3 aromatic rings. The maximum atomic E-state index is 11.2. The smallest absolute Gasteiger partial charge is 0.306 e. The van der Waals surface area contributed by atoms with Crippen LogP contribution in [0.15, 0.2) is 36.4 Å². The van der Waals surface area contributed by atoms with Crippen LogP contribution in [-0.2, 0) is 9.53 Å². The molecule has 7 nitrogen and oxygen atoms in total. The molecule has 2 heterocycles. The Labute approximate surface area is 202 Å². The number of aromatic amines is 1. The molecule has 34 heavy (non-hydrogen) atoms. The fraction of sp³-hybridized carbons (Fsp3) is 0.385. The lowest BCUT2D eigenvalue weighted by Crippen LogP contribution is -2.36. The van der Waals surface area contributed by atoms with Crippen molar-refractivity contribution in [2.75, 3.05) is 31.2 Å². The summed E-state index contributed by atoms with van der Waals surface area (Å²) >= 11 is 6.64. The van der Waals surface area contributed by atoms with E-state index in [2.05, 4.69) is 40.2 Å². The maximum Gasteiger partial charge on any atom is 0.306 e. The van der Waals surface area contributed by atoms with Crippen LogP contribution in [-0.4, -0.2) is 48.5 Å². The van der Waals surface area contributed by atoms with E-state index in [-0.39, 0.29) is 12.0 Å². The zero-order valence-electron chi connectivity index (χ0n) is 18.7.